The molecule has 0 saturated carbocycles. The second kappa shape index (κ2) is 8.54. The van der Waals surface area contributed by atoms with Crippen LogP contribution in [0.25, 0.3) is 0 Å². The summed E-state index contributed by atoms with van der Waals surface area (Å²) in [5.74, 6) is 0.329. The molecule has 1 aliphatic heterocycles. The van der Waals surface area contributed by atoms with Crippen molar-refractivity contribution in [2.24, 2.45) is 5.92 Å². The average Bonchev–Trinajstić information content (AvgIpc) is 2.37. The first-order valence-corrected chi connectivity index (χ1v) is 7.52. The van der Waals surface area contributed by atoms with Gasteiger partial charge in [-0.05, 0) is 31.6 Å². The van der Waals surface area contributed by atoms with Gasteiger partial charge < -0.3 is 14.8 Å². The maximum absolute atomic E-state index is 11.8. The van der Waals surface area contributed by atoms with Crippen molar-refractivity contribution in [2.45, 2.75) is 71.1 Å². The molecule has 0 radical (unpaired) electrons. The average molecular weight is 271 g/mol. The Labute approximate surface area is 117 Å². The summed E-state index contributed by atoms with van der Waals surface area (Å²) >= 11 is 0. The summed E-state index contributed by atoms with van der Waals surface area (Å²) in [6, 6.07) is 0.184. The standard InChI is InChI=1S/C15H29NO3/c1-5-6-13-10-12(7-8-19-13)16-14(9-11(2)3)15(17)18-4/h11-14,16H,5-10H2,1-4H3. The fourth-order valence-corrected chi connectivity index (χ4v) is 2.69. The molecule has 1 N–H and O–H groups in total. The molecule has 1 aliphatic rings. The van der Waals surface area contributed by atoms with Crippen molar-refractivity contribution in [3.05, 3.63) is 0 Å². The first-order chi connectivity index (χ1) is 9.06. The minimum atomic E-state index is -0.185. The van der Waals surface area contributed by atoms with E-state index in [1.807, 2.05) is 0 Å². The van der Waals surface area contributed by atoms with E-state index in [9.17, 15) is 4.79 Å². The van der Waals surface area contributed by atoms with E-state index in [1.54, 1.807) is 0 Å². The topological polar surface area (TPSA) is 47.6 Å². The summed E-state index contributed by atoms with van der Waals surface area (Å²) in [5.41, 5.74) is 0. The third-order valence-corrected chi connectivity index (χ3v) is 3.61. The van der Waals surface area contributed by atoms with Gasteiger partial charge in [0, 0.05) is 12.6 Å². The van der Waals surface area contributed by atoms with Gasteiger partial charge in [0.2, 0.25) is 0 Å². The molecule has 19 heavy (non-hydrogen) atoms. The maximum atomic E-state index is 11.8. The molecule has 0 amide bonds. The van der Waals surface area contributed by atoms with E-state index >= 15 is 0 Å². The third kappa shape index (κ3) is 5.91. The zero-order valence-electron chi connectivity index (χ0n) is 12.8. The van der Waals surface area contributed by atoms with E-state index in [2.05, 4.69) is 26.1 Å². The van der Waals surface area contributed by atoms with Crippen molar-refractivity contribution >= 4 is 5.97 Å². The quantitative estimate of drug-likeness (QED) is 0.723. The van der Waals surface area contributed by atoms with Crippen molar-refractivity contribution in [1.29, 1.82) is 0 Å². The summed E-state index contributed by atoms with van der Waals surface area (Å²) in [5, 5.41) is 3.47. The van der Waals surface area contributed by atoms with Crippen LogP contribution in [-0.2, 0) is 14.3 Å². The summed E-state index contributed by atoms with van der Waals surface area (Å²) in [4.78, 5) is 11.8. The molecule has 4 heteroatoms. The van der Waals surface area contributed by atoms with E-state index < -0.39 is 0 Å². The SMILES string of the molecule is CCCC1CC(NC(CC(C)C)C(=O)OC)CCO1. The van der Waals surface area contributed by atoms with Gasteiger partial charge in [-0.2, -0.15) is 0 Å². The molecule has 1 rings (SSSR count). The number of ether oxygens (including phenoxy) is 2. The molecule has 1 fully saturated rings. The van der Waals surface area contributed by atoms with E-state index in [4.69, 9.17) is 9.47 Å². The predicted octanol–water partition coefficient (Wildman–Crippen LogP) is 2.51. The van der Waals surface area contributed by atoms with Crippen LogP contribution in [0.15, 0.2) is 0 Å². The first-order valence-electron chi connectivity index (χ1n) is 7.52. The lowest BCUT2D eigenvalue weighted by Gasteiger charge is -2.32. The van der Waals surface area contributed by atoms with Crippen molar-refractivity contribution in [3.63, 3.8) is 0 Å². The molecule has 3 unspecified atom stereocenters. The van der Waals surface area contributed by atoms with Crippen molar-refractivity contribution in [1.82, 2.24) is 5.32 Å². The number of nitrogens with one attached hydrogen (secondary N) is 1. The second-order valence-electron chi connectivity index (χ2n) is 5.87. The Morgan fingerprint density at radius 2 is 2.21 bits per heavy atom. The van der Waals surface area contributed by atoms with Gasteiger partial charge >= 0.3 is 5.97 Å². The lowest BCUT2D eigenvalue weighted by molar-refractivity contribution is -0.144. The number of esters is 1. The first kappa shape index (κ1) is 16.4. The Morgan fingerprint density at radius 3 is 2.79 bits per heavy atom. The number of methoxy groups -OCH3 is 1. The van der Waals surface area contributed by atoms with Crippen LogP contribution >= 0.6 is 0 Å². The van der Waals surface area contributed by atoms with Gasteiger partial charge in [0.15, 0.2) is 0 Å². The minimum Gasteiger partial charge on any atom is -0.468 e. The zero-order valence-corrected chi connectivity index (χ0v) is 12.8. The van der Waals surface area contributed by atoms with Crippen LogP contribution in [0.2, 0.25) is 0 Å². The van der Waals surface area contributed by atoms with Gasteiger partial charge in [-0.15, -0.1) is 0 Å². The minimum absolute atomic E-state index is 0.146. The molecule has 3 atom stereocenters. The number of hydrogen-bond acceptors (Lipinski definition) is 4. The molecule has 112 valence electrons. The van der Waals surface area contributed by atoms with Gasteiger partial charge in [0.1, 0.15) is 6.04 Å². The van der Waals surface area contributed by atoms with Crippen LogP contribution in [0.5, 0.6) is 0 Å². The molecule has 4 nitrogen and oxygen atoms in total. The van der Waals surface area contributed by atoms with Crippen LogP contribution in [0, 0.1) is 5.92 Å². The fourth-order valence-electron chi connectivity index (χ4n) is 2.69. The highest BCUT2D eigenvalue weighted by Crippen LogP contribution is 2.19. The summed E-state index contributed by atoms with van der Waals surface area (Å²) in [6.45, 7) is 7.22. The summed E-state index contributed by atoms with van der Waals surface area (Å²) in [7, 11) is 1.46. The van der Waals surface area contributed by atoms with Crippen molar-refractivity contribution < 1.29 is 14.3 Å². The van der Waals surface area contributed by atoms with E-state index in [-0.39, 0.29) is 12.0 Å². The number of carbonyl (C=O) groups excluding carboxylic acids is 1. The highest BCUT2D eigenvalue weighted by Gasteiger charge is 2.27. The third-order valence-electron chi connectivity index (χ3n) is 3.61. The highest BCUT2D eigenvalue weighted by molar-refractivity contribution is 5.75. The second-order valence-corrected chi connectivity index (χ2v) is 5.87. The Balaban J connectivity index is 2.50. The van der Waals surface area contributed by atoms with Crippen LogP contribution in [0.1, 0.15) is 52.9 Å². The van der Waals surface area contributed by atoms with Crippen molar-refractivity contribution in [2.75, 3.05) is 13.7 Å². The summed E-state index contributed by atoms with van der Waals surface area (Å²) < 4.78 is 10.6. The number of carbonyl (C=O) groups is 1. The van der Waals surface area contributed by atoms with Crippen molar-refractivity contribution in [3.8, 4) is 0 Å². The smallest absolute Gasteiger partial charge is 0.322 e. The molecule has 0 aliphatic carbocycles. The molecule has 0 aromatic heterocycles. The van der Waals surface area contributed by atoms with E-state index in [0.29, 0.717) is 18.1 Å². The van der Waals surface area contributed by atoms with Gasteiger partial charge in [0.25, 0.3) is 0 Å². The normalized spacial score (nSPS) is 25.3. The highest BCUT2D eigenvalue weighted by atomic mass is 16.5. The van der Waals surface area contributed by atoms with Gasteiger partial charge in [-0.3, -0.25) is 4.79 Å². The number of rotatable bonds is 7. The lowest BCUT2D eigenvalue weighted by atomic mass is 9.97. The zero-order chi connectivity index (χ0) is 14.3. The monoisotopic (exact) mass is 271 g/mol. The Bertz CT molecular complexity index is 266. The molecule has 1 saturated heterocycles. The lowest BCUT2D eigenvalue weighted by Crippen LogP contribution is -2.48. The van der Waals surface area contributed by atoms with E-state index in [1.165, 1.54) is 7.11 Å². The Morgan fingerprint density at radius 1 is 1.47 bits per heavy atom. The summed E-state index contributed by atoms with van der Waals surface area (Å²) in [6.07, 6.45) is 5.39. The van der Waals surface area contributed by atoms with Gasteiger partial charge in [-0.1, -0.05) is 27.2 Å². The Hall–Kier alpha value is -0.610. The molecular weight excluding hydrogens is 242 g/mol. The molecule has 0 aromatic rings. The molecule has 0 bridgehead atoms. The predicted molar refractivity (Wildman–Crippen MR) is 76.1 cm³/mol. The van der Waals surface area contributed by atoms with Crippen LogP contribution in [0.4, 0.5) is 0 Å². The molecular formula is C15H29NO3. The number of hydrogen-bond donors (Lipinski definition) is 1. The van der Waals surface area contributed by atoms with E-state index in [0.717, 1.165) is 38.7 Å². The molecule has 1 heterocycles. The van der Waals surface area contributed by atoms with Crippen LogP contribution in [-0.4, -0.2) is 37.9 Å². The molecule has 0 spiro atoms. The molecule has 0 aromatic carbocycles. The Kier molecular flexibility index (Phi) is 7.39. The van der Waals surface area contributed by atoms with Crippen LogP contribution < -0.4 is 5.32 Å². The maximum Gasteiger partial charge on any atom is 0.322 e. The fraction of sp³-hybridized carbons (Fsp3) is 0.933. The van der Waals surface area contributed by atoms with Crippen LogP contribution in [0.3, 0.4) is 0 Å². The largest absolute Gasteiger partial charge is 0.468 e. The van der Waals surface area contributed by atoms with Gasteiger partial charge in [-0.25, -0.2) is 0 Å². The van der Waals surface area contributed by atoms with Gasteiger partial charge in [0.05, 0.1) is 13.2 Å².